The number of amides is 2. The molecular formula is C29H27Br2N10NaO2Zn. The molecule has 0 aliphatic rings. The summed E-state index contributed by atoms with van der Waals surface area (Å²) in [7, 11) is 0. The smallest absolute Gasteiger partial charge is 0.373 e. The van der Waals surface area contributed by atoms with Gasteiger partial charge in [-0.15, -0.1) is 10.2 Å². The van der Waals surface area contributed by atoms with Crippen LogP contribution >= 0.6 is 27.2 Å². The number of anilines is 2. The van der Waals surface area contributed by atoms with Crippen LogP contribution in [0.4, 0.5) is 17.1 Å². The molecule has 0 aliphatic heterocycles. The number of carbonyl (C=O) groups excluding carboxylic acids is 2. The molecular weight excluding hydrogens is 769 g/mol. The second-order valence-corrected chi connectivity index (χ2v) is 21.9. The van der Waals surface area contributed by atoms with Crippen molar-refractivity contribution in [1.29, 1.82) is 0 Å². The number of aromatic amines is 1. The number of hydrogen-bond acceptors (Lipinski definition) is 5. The average Bonchev–Trinajstić information content (AvgIpc) is 3.59. The summed E-state index contributed by atoms with van der Waals surface area (Å²) in [5.74, 6) is 0.170. The fourth-order valence-corrected chi connectivity index (χ4v) is 3.19. The topological polar surface area (TPSA) is 176 Å². The van der Waals surface area contributed by atoms with Crippen LogP contribution < -0.4 is 40.2 Å². The fourth-order valence-electron chi connectivity index (χ4n) is 3.19. The SMILES string of the molecule is C.O=C(Nc1ccccc1)c1ccc(-c2nn[nH]n2)cc1.[2HH].[Br][Zn][Br].[C-]#[N+]c1ccc(C(=O)Nc2ccccc2)cc1.[N-]=[N+]=[N-].[Na+]. The fraction of sp³-hybridized carbons (Fsp3) is 0.0345. The van der Waals surface area contributed by atoms with E-state index in [4.69, 9.17) is 17.6 Å². The first-order chi connectivity index (χ1) is 20.9. The number of carbonyl (C=O) groups is 2. The predicted molar refractivity (Wildman–Crippen MR) is 178 cm³/mol. The molecule has 1 heterocycles. The Morgan fingerprint density at radius 3 is 1.53 bits per heavy atom. The van der Waals surface area contributed by atoms with Crippen molar-refractivity contribution in [3.8, 4) is 11.4 Å². The van der Waals surface area contributed by atoms with E-state index in [0.29, 0.717) is 22.6 Å². The third-order valence-electron chi connectivity index (χ3n) is 5.07. The Balaban J connectivity index is 0. The second kappa shape index (κ2) is 24.6. The van der Waals surface area contributed by atoms with Gasteiger partial charge in [-0.2, -0.15) is 5.21 Å². The van der Waals surface area contributed by atoms with Crippen LogP contribution in [0.2, 0.25) is 0 Å². The molecule has 0 unspecified atom stereocenters. The molecule has 5 aromatic rings. The van der Waals surface area contributed by atoms with Gasteiger partial charge >= 0.3 is 70.0 Å². The number of H-pyrrole nitrogens is 1. The van der Waals surface area contributed by atoms with Crippen LogP contribution in [0.15, 0.2) is 109 Å². The van der Waals surface area contributed by atoms with Crippen LogP contribution in [0.5, 0.6) is 0 Å². The quantitative estimate of drug-likeness (QED) is 0.0645. The summed E-state index contributed by atoms with van der Waals surface area (Å²) >= 11 is 6.25. The summed E-state index contributed by atoms with van der Waals surface area (Å²) in [6.45, 7) is 6.83. The molecule has 45 heavy (non-hydrogen) atoms. The third-order valence-corrected chi connectivity index (χ3v) is 5.07. The van der Waals surface area contributed by atoms with Crippen LogP contribution in [0.3, 0.4) is 0 Å². The number of rotatable bonds is 5. The molecule has 5 rings (SSSR count). The van der Waals surface area contributed by atoms with Crippen molar-refractivity contribution in [1.82, 2.24) is 20.6 Å². The normalized spacial score (nSPS) is 8.47. The summed E-state index contributed by atoms with van der Waals surface area (Å²) in [5.41, 5.74) is 17.5. The van der Waals surface area contributed by atoms with Gasteiger partial charge in [0.2, 0.25) is 5.82 Å². The van der Waals surface area contributed by atoms with Gasteiger partial charge in [0.25, 0.3) is 11.8 Å². The number of nitrogens with zero attached hydrogens (tertiary/aromatic N) is 7. The number of halogens is 2. The molecule has 222 valence electrons. The van der Waals surface area contributed by atoms with Gasteiger partial charge in [0.05, 0.1) is 6.57 Å². The maximum Gasteiger partial charge on any atom is 1.00 e. The second-order valence-electron chi connectivity index (χ2n) is 7.80. The molecule has 16 heteroatoms. The van der Waals surface area contributed by atoms with E-state index in [2.05, 4.69) is 63.3 Å². The van der Waals surface area contributed by atoms with E-state index in [9.17, 15) is 9.59 Å². The zero-order valence-corrected chi connectivity index (χ0v) is 31.4. The first kappa shape index (κ1) is 41.3. The van der Waals surface area contributed by atoms with E-state index in [1.165, 1.54) is 4.91 Å². The van der Waals surface area contributed by atoms with Crippen molar-refractivity contribution < 1.29 is 53.8 Å². The molecule has 0 saturated carbocycles. The Labute approximate surface area is 305 Å². The van der Waals surface area contributed by atoms with Gasteiger partial charge in [-0.25, -0.2) is 4.85 Å². The Hall–Kier alpha value is -3.73. The van der Waals surface area contributed by atoms with Crippen LogP contribution in [-0.4, -0.2) is 32.4 Å². The Morgan fingerprint density at radius 2 is 1.18 bits per heavy atom. The van der Waals surface area contributed by atoms with E-state index >= 15 is 0 Å². The maximum absolute atomic E-state index is 12.1. The summed E-state index contributed by atoms with van der Waals surface area (Å²) in [4.78, 5) is 28.6. The number of para-hydroxylation sites is 2. The van der Waals surface area contributed by atoms with Gasteiger partial charge in [-0.05, 0) is 41.6 Å². The summed E-state index contributed by atoms with van der Waals surface area (Å²) in [5, 5.41) is 19.2. The van der Waals surface area contributed by atoms with Gasteiger partial charge in [0.1, 0.15) is 0 Å². The van der Waals surface area contributed by atoms with E-state index in [1.54, 1.807) is 48.5 Å². The van der Waals surface area contributed by atoms with Crippen LogP contribution in [0.25, 0.3) is 32.2 Å². The Morgan fingerprint density at radius 1 is 0.778 bits per heavy atom. The predicted octanol–water partition coefficient (Wildman–Crippen LogP) is 6.05. The minimum absolute atomic E-state index is 0. The van der Waals surface area contributed by atoms with Crippen LogP contribution in [0, 0.1) is 6.57 Å². The molecule has 0 spiro atoms. The van der Waals surface area contributed by atoms with E-state index < -0.39 is 0 Å². The number of hydrogen-bond donors (Lipinski definition) is 3. The van der Waals surface area contributed by atoms with Crippen LogP contribution in [0.1, 0.15) is 29.6 Å². The number of aromatic nitrogens is 4. The van der Waals surface area contributed by atoms with Crippen molar-refractivity contribution >= 4 is 56.1 Å². The first-order valence-electron chi connectivity index (χ1n) is 12.1. The monoisotopic (exact) mass is 793 g/mol. The molecule has 0 aliphatic carbocycles. The van der Waals surface area contributed by atoms with Crippen molar-refractivity contribution in [2.24, 2.45) is 0 Å². The first-order valence-corrected chi connectivity index (χ1v) is 26.0. The zero-order valence-electron chi connectivity index (χ0n) is 23.3. The van der Waals surface area contributed by atoms with Gasteiger partial charge in [-0.3, -0.25) is 14.5 Å². The molecule has 1 aromatic heterocycles. The van der Waals surface area contributed by atoms with Crippen molar-refractivity contribution in [3.05, 3.63) is 148 Å². The minimum atomic E-state index is -0.250. The Kier molecular flexibility index (Phi) is 22.5. The summed E-state index contributed by atoms with van der Waals surface area (Å²) in [6.07, 6.45) is 0. The number of tetrazole rings is 1. The van der Waals surface area contributed by atoms with E-state index in [1.807, 2.05) is 60.7 Å². The van der Waals surface area contributed by atoms with Crippen LogP contribution in [-0.2, 0) is 13.2 Å². The standard InChI is InChI=1S/C14H11N5O.C14H10N2O.CH4.2BrH.N3.Na.Zn.H2/c20-14(15-12-4-2-1-3-5-12)11-8-6-10(7-9-11)13-16-18-19-17-13;1-15-12-9-7-11(8-10-12)14(17)16-13-5-3-2-4-6-13;;;;1-3-2;;;/h1-9H,(H,15,20)(H,16,17,18,19);2-10H,(H,16,17);1H4;2*1H;;;;1H/q;;;;;-1;+1;+2;/p-2/i;;;;;;;;1+1. The summed E-state index contributed by atoms with van der Waals surface area (Å²) < 4.78 is 0. The number of benzene rings is 4. The maximum atomic E-state index is 12.1. The van der Waals surface area contributed by atoms with Crippen molar-refractivity contribution in [2.75, 3.05) is 10.6 Å². The molecule has 0 saturated heterocycles. The molecule has 3 N–H and O–H groups in total. The average molecular weight is 797 g/mol. The molecule has 0 fully saturated rings. The van der Waals surface area contributed by atoms with Crippen molar-refractivity contribution in [2.45, 2.75) is 7.43 Å². The van der Waals surface area contributed by atoms with Gasteiger partial charge in [0, 0.05) is 29.5 Å². The molecule has 4 aromatic carbocycles. The van der Waals surface area contributed by atoms with Gasteiger partial charge in [-0.1, -0.05) is 80.2 Å². The zero-order chi connectivity index (χ0) is 31.3. The summed E-state index contributed by atoms with van der Waals surface area (Å²) in [6, 6.07) is 32.1. The molecule has 12 nitrogen and oxygen atoms in total. The molecule has 0 atom stereocenters. The largest absolute Gasteiger partial charge is 1.00 e. The third kappa shape index (κ3) is 15.7. The Bertz CT molecular complexity index is 1630. The minimum Gasteiger partial charge on any atom is -0.373 e. The number of nitrogens with one attached hydrogen (secondary N) is 3. The molecule has 2 amide bonds. The van der Waals surface area contributed by atoms with E-state index in [-0.39, 0.29) is 63.4 Å². The van der Waals surface area contributed by atoms with Gasteiger partial charge in [0.15, 0.2) is 5.69 Å². The molecule has 0 radical (unpaired) electrons. The molecule has 0 bridgehead atoms. The van der Waals surface area contributed by atoms with Crippen molar-refractivity contribution in [3.63, 3.8) is 0 Å². The van der Waals surface area contributed by atoms with Gasteiger partial charge < -0.3 is 21.7 Å². The van der Waals surface area contributed by atoms with E-state index in [0.717, 1.165) is 16.9 Å².